The molecular weight excluding hydrogens is 258 g/mol. The van der Waals surface area contributed by atoms with Gasteiger partial charge in [0.1, 0.15) is 6.61 Å². The van der Waals surface area contributed by atoms with Crippen LogP contribution in [0.25, 0.3) is 0 Å². The van der Waals surface area contributed by atoms with Crippen molar-refractivity contribution in [3.63, 3.8) is 0 Å². The highest BCUT2D eigenvalue weighted by atomic mass is 32.1. The third-order valence-electron chi connectivity index (χ3n) is 3.44. The van der Waals surface area contributed by atoms with Crippen LogP contribution in [-0.2, 0) is 0 Å². The number of amides is 1. The quantitative estimate of drug-likeness (QED) is 0.843. The summed E-state index contributed by atoms with van der Waals surface area (Å²) in [6, 6.07) is 4.05. The summed E-state index contributed by atoms with van der Waals surface area (Å²) < 4.78 is 0. The van der Waals surface area contributed by atoms with Gasteiger partial charge >= 0.3 is 0 Å². The van der Waals surface area contributed by atoms with Gasteiger partial charge in [0, 0.05) is 12.6 Å². The molecule has 0 radical (unpaired) electrons. The first-order valence-corrected chi connectivity index (χ1v) is 7.45. The Morgan fingerprint density at radius 3 is 3.05 bits per heavy atom. The summed E-state index contributed by atoms with van der Waals surface area (Å²) in [5.74, 6) is 6.07. The van der Waals surface area contributed by atoms with E-state index in [0.29, 0.717) is 12.0 Å². The van der Waals surface area contributed by atoms with Gasteiger partial charge in [0.25, 0.3) is 5.91 Å². The molecule has 1 saturated heterocycles. The van der Waals surface area contributed by atoms with Crippen molar-refractivity contribution >= 4 is 17.2 Å². The first-order valence-electron chi connectivity index (χ1n) is 6.64. The molecule has 1 atom stereocenters. The minimum atomic E-state index is -0.150. The molecule has 0 saturated carbocycles. The van der Waals surface area contributed by atoms with Crippen LogP contribution in [0, 0.1) is 17.8 Å². The molecule has 102 valence electrons. The van der Waals surface area contributed by atoms with E-state index in [9.17, 15) is 4.79 Å². The largest absolute Gasteiger partial charge is 0.384 e. The van der Waals surface area contributed by atoms with Crippen LogP contribution in [-0.4, -0.2) is 35.1 Å². The van der Waals surface area contributed by atoms with E-state index in [-0.39, 0.29) is 12.5 Å². The van der Waals surface area contributed by atoms with Crippen LogP contribution in [0.2, 0.25) is 0 Å². The van der Waals surface area contributed by atoms with Crippen LogP contribution >= 0.6 is 11.3 Å². The Morgan fingerprint density at radius 1 is 1.58 bits per heavy atom. The standard InChI is InChI=1S/C15H19NO2S/c1-11(2)13-6-3-9-16(13)15(18)14-8-7-12(19-14)5-4-10-17/h7-8,11,13,17H,3,6,9-10H2,1-2H3. The first kappa shape index (κ1) is 14.1. The summed E-state index contributed by atoms with van der Waals surface area (Å²) in [6.07, 6.45) is 2.20. The van der Waals surface area contributed by atoms with E-state index < -0.39 is 0 Å². The van der Waals surface area contributed by atoms with E-state index in [1.54, 1.807) is 0 Å². The number of likely N-dealkylation sites (tertiary alicyclic amines) is 1. The van der Waals surface area contributed by atoms with Crippen LogP contribution in [0.5, 0.6) is 0 Å². The van der Waals surface area contributed by atoms with Crippen LogP contribution < -0.4 is 0 Å². The fourth-order valence-corrected chi connectivity index (χ4v) is 3.36. The van der Waals surface area contributed by atoms with Crippen molar-refractivity contribution in [3.8, 4) is 11.8 Å². The number of hydrogen-bond acceptors (Lipinski definition) is 3. The Morgan fingerprint density at radius 2 is 2.37 bits per heavy atom. The third-order valence-corrected chi connectivity index (χ3v) is 4.43. The molecule has 3 nitrogen and oxygen atoms in total. The summed E-state index contributed by atoms with van der Waals surface area (Å²) in [5, 5.41) is 8.67. The predicted molar refractivity (Wildman–Crippen MR) is 77.2 cm³/mol. The van der Waals surface area contributed by atoms with Crippen LogP contribution in [0.3, 0.4) is 0 Å². The van der Waals surface area contributed by atoms with Crippen molar-refractivity contribution in [2.75, 3.05) is 13.2 Å². The summed E-state index contributed by atoms with van der Waals surface area (Å²) >= 11 is 1.41. The average molecular weight is 277 g/mol. The zero-order valence-electron chi connectivity index (χ0n) is 11.3. The number of thiophene rings is 1. The second-order valence-electron chi connectivity index (χ2n) is 5.08. The number of carbonyl (C=O) groups is 1. The smallest absolute Gasteiger partial charge is 0.264 e. The van der Waals surface area contributed by atoms with Crippen molar-refractivity contribution in [1.29, 1.82) is 0 Å². The van der Waals surface area contributed by atoms with E-state index in [1.165, 1.54) is 11.3 Å². The van der Waals surface area contributed by atoms with E-state index >= 15 is 0 Å². The summed E-state index contributed by atoms with van der Waals surface area (Å²) in [7, 11) is 0. The molecule has 0 aliphatic carbocycles. The second kappa shape index (κ2) is 6.23. The maximum absolute atomic E-state index is 12.5. The highest BCUT2D eigenvalue weighted by Gasteiger charge is 2.31. The molecule has 2 rings (SSSR count). The third kappa shape index (κ3) is 3.17. The topological polar surface area (TPSA) is 40.5 Å². The van der Waals surface area contributed by atoms with Gasteiger partial charge in [-0.2, -0.15) is 0 Å². The molecular formula is C15H19NO2S. The van der Waals surface area contributed by atoms with Crippen molar-refractivity contribution in [2.24, 2.45) is 5.92 Å². The fourth-order valence-electron chi connectivity index (χ4n) is 2.53. The lowest BCUT2D eigenvalue weighted by atomic mass is 10.0. The van der Waals surface area contributed by atoms with E-state index in [1.807, 2.05) is 17.0 Å². The number of aliphatic hydroxyl groups excluding tert-OH is 1. The Bertz CT molecular complexity index is 510. The predicted octanol–water partition coefficient (Wildman–Crippen LogP) is 2.35. The van der Waals surface area contributed by atoms with Gasteiger partial charge in [0.15, 0.2) is 0 Å². The minimum Gasteiger partial charge on any atom is -0.384 e. The van der Waals surface area contributed by atoms with E-state index in [4.69, 9.17) is 5.11 Å². The minimum absolute atomic E-state index is 0.123. The lowest BCUT2D eigenvalue weighted by Crippen LogP contribution is -2.38. The Balaban J connectivity index is 2.13. The van der Waals surface area contributed by atoms with Crippen molar-refractivity contribution in [2.45, 2.75) is 32.7 Å². The van der Waals surface area contributed by atoms with Crippen LogP contribution in [0.15, 0.2) is 12.1 Å². The highest BCUT2D eigenvalue weighted by molar-refractivity contribution is 7.14. The molecule has 1 aromatic rings. The monoisotopic (exact) mass is 277 g/mol. The number of hydrogen-bond donors (Lipinski definition) is 1. The van der Waals surface area contributed by atoms with Gasteiger partial charge in [-0.15, -0.1) is 11.3 Å². The van der Waals surface area contributed by atoms with Gasteiger partial charge in [-0.25, -0.2) is 0 Å². The normalized spacial score (nSPS) is 18.5. The molecule has 1 fully saturated rings. The molecule has 0 spiro atoms. The Hall–Kier alpha value is -1.31. The highest BCUT2D eigenvalue weighted by Crippen LogP contribution is 2.27. The van der Waals surface area contributed by atoms with Gasteiger partial charge in [-0.3, -0.25) is 4.79 Å². The molecule has 1 unspecified atom stereocenters. The van der Waals surface area contributed by atoms with Gasteiger partial charge in [0.2, 0.25) is 0 Å². The maximum atomic E-state index is 12.5. The van der Waals surface area contributed by atoms with Gasteiger partial charge in [0.05, 0.1) is 9.75 Å². The number of aliphatic hydroxyl groups is 1. The van der Waals surface area contributed by atoms with E-state index in [2.05, 4.69) is 25.7 Å². The summed E-state index contributed by atoms with van der Waals surface area (Å²) in [4.78, 5) is 16.1. The summed E-state index contributed by atoms with van der Waals surface area (Å²) in [6.45, 7) is 5.05. The molecule has 4 heteroatoms. The van der Waals surface area contributed by atoms with Crippen molar-refractivity contribution in [1.82, 2.24) is 4.90 Å². The second-order valence-corrected chi connectivity index (χ2v) is 6.16. The Labute approximate surface area is 118 Å². The summed E-state index contributed by atoms with van der Waals surface area (Å²) in [5.41, 5.74) is 0. The van der Waals surface area contributed by atoms with Crippen molar-refractivity contribution < 1.29 is 9.90 Å². The van der Waals surface area contributed by atoms with Gasteiger partial charge in [-0.05, 0) is 30.9 Å². The Kier molecular flexibility index (Phi) is 4.62. The molecule has 0 bridgehead atoms. The zero-order chi connectivity index (χ0) is 13.8. The van der Waals surface area contributed by atoms with Gasteiger partial charge < -0.3 is 10.0 Å². The molecule has 1 aliphatic rings. The molecule has 1 aliphatic heterocycles. The molecule has 1 N–H and O–H groups in total. The zero-order valence-corrected chi connectivity index (χ0v) is 12.2. The number of carbonyl (C=O) groups excluding carboxylic acids is 1. The molecule has 1 aromatic heterocycles. The van der Waals surface area contributed by atoms with Crippen molar-refractivity contribution in [3.05, 3.63) is 21.9 Å². The maximum Gasteiger partial charge on any atom is 0.264 e. The lowest BCUT2D eigenvalue weighted by Gasteiger charge is -2.27. The van der Waals surface area contributed by atoms with E-state index in [0.717, 1.165) is 29.1 Å². The SMILES string of the molecule is CC(C)C1CCCN1C(=O)c1ccc(C#CCO)s1. The van der Waals surface area contributed by atoms with Crippen LogP contribution in [0.4, 0.5) is 0 Å². The molecule has 2 heterocycles. The van der Waals surface area contributed by atoms with Crippen LogP contribution in [0.1, 0.15) is 41.2 Å². The first-order chi connectivity index (χ1) is 9.13. The molecule has 1 amide bonds. The number of nitrogens with zero attached hydrogens (tertiary/aromatic N) is 1. The lowest BCUT2D eigenvalue weighted by molar-refractivity contribution is 0.0706. The molecule has 0 aromatic carbocycles. The average Bonchev–Trinajstić information content (AvgIpc) is 3.04. The fraction of sp³-hybridized carbons (Fsp3) is 0.533. The number of rotatable bonds is 2. The van der Waals surface area contributed by atoms with Gasteiger partial charge in [-0.1, -0.05) is 25.7 Å². The molecule has 19 heavy (non-hydrogen) atoms.